The van der Waals surface area contributed by atoms with E-state index < -0.39 is 0 Å². The normalized spacial score (nSPS) is 19.1. The second kappa shape index (κ2) is 4.38. The van der Waals surface area contributed by atoms with Gasteiger partial charge in [0.2, 0.25) is 0 Å². The van der Waals surface area contributed by atoms with Crippen LogP contribution in [0.4, 0.5) is 10.1 Å². The molecular formula is C12H11FN4S. The first-order chi connectivity index (χ1) is 8.75. The van der Waals surface area contributed by atoms with Crippen LogP contribution < -0.4 is 10.6 Å². The molecule has 0 saturated carbocycles. The molecule has 1 unspecified atom stereocenters. The van der Waals surface area contributed by atoms with Gasteiger partial charge in [0.25, 0.3) is 0 Å². The Morgan fingerprint density at radius 1 is 1.44 bits per heavy atom. The van der Waals surface area contributed by atoms with E-state index in [0.717, 1.165) is 4.88 Å². The van der Waals surface area contributed by atoms with Crippen LogP contribution in [0.5, 0.6) is 0 Å². The van der Waals surface area contributed by atoms with E-state index in [-0.39, 0.29) is 11.9 Å². The van der Waals surface area contributed by atoms with Crippen molar-refractivity contribution in [1.29, 1.82) is 0 Å². The van der Waals surface area contributed by atoms with Gasteiger partial charge in [-0.2, -0.15) is 0 Å². The van der Waals surface area contributed by atoms with Crippen molar-refractivity contribution >= 4 is 23.0 Å². The number of rotatable bonds is 2. The number of aliphatic imine (C=N–C) groups is 1. The number of guanidine groups is 1. The largest absolute Gasteiger partial charge is 0.369 e. The number of thiazole rings is 1. The fourth-order valence-electron chi connectivity index (χ4n) is 2.04. The molecule has 0 bridgehead atoms. The van der Waals surface area contributed by atoms with Crippen molar-refractivity contribution in [3.8, 4) is 0 Å². The summed E-state index contributed by atoms with van der Waals surface area (Å²) in [5.74, 6) is 0.134. The third-order valence-electron chi connectivity index (χ3n) is 2.85. The lowest BCUT2D eigenvalue weighted by Crippen LogP contribution is -2.35. The van der Waals surface area contributed by atoms with Gasteiger partial charge in [-0.1, -0.05) is 6.07 Å². The fraction of sp³-hybridized carbons (Fsp3) is 0.167. The van der Waals surface area contributed by atoms with Crippen molar-refractivity contribution in [2.45, 2.75) is 6.04 Å². The molecule has 0 fully saturated rings. The second-order valence-corrected chi connectivity index (χ2v) is 4.89. The fourth-order valence-corrected chi connectivity index (χ4v) is 2.75. The van der Waals surface area contributed by atoms with Crippen molar-refractivity contribution in [3.63, 3.8) is 0 Å². The third kappa shape index (κ3) is 1.84. The van der Waals surface area contributed by atoms with Crippen LogP contribution in [0.2, 0.25) is 0 Å². The van der Waals surface area contributed by atoms with Crippen molar-refractivity contribution in [2.75, 3.05) is 11.4 Å². The zero-order valence-corrected chi connectivity index (χ0v) is 10.3. The number of hydrogen-bond acceptors (Lipinski definition) is 5. The van der Waals surface area contributed by atoms with E-state index in [1.165, 1.54) is 12.1 Å². The molecule has 18 heavy (non-hydrogen) atoms. The van der Waals surface area contributed by atoms with E-state index in [9.17, 15) is 4.39 Å². The van der Waals surface area contributed by atoms with E-state index in [4.69, 9.17) is 5.73 Å². The maximum atomic E-state index is 13.3. The van der Waals surface area contributed by atoms with Crippen molar-refractivity contribution in [1.82, 2.24) is 4.98 Å². The van der Waals surface area contributed by atoms with Gasteiger partial charge in [0.15, 0.2) is 5.96 Å². The van der Waals surface area contributed by atoms with Crippen LogP contribution in [-0.2, 0) is 0 Å². The average Bonchev–Trinajstić information content (AvgIpc) is 2.97. The minimum Gasteiger partial charge on any atom is -0.369 e. The molecule has 2 heterocycles. The molecule has 0 amide bonds. The first-order valence-corrected chi connectivity index (χ1v) is 6.37. The van der Waals surface area contributed by atoms with Crippen molar-refractivity contribution in [3.05, 3.63) is 46.7 Å². The standard InChI is InChI=1S/C12H11FN4S/c13-8-2-1-3-9(4-8)17-10(5-16-12(17)14)11-6-15-7-18-11/h1-4,6-7,10H,5H2,(H2,14,16). The summed E-state index contributed by atoms with van der Waals surface area (Å²) in [6.07, 6.45) is 1.80. The van der Waals surface area contributed by atoms with Crippen LogP contribution in [0.3, 0.4) is 0 Å². The average molecular weight is 262 g/mol. The molecule has 6 heteroatoms. The van der Waals surface area contributed by atoms with Crippen LogP contribution in [0.1, 0.15) is 10.9 Å². The van der Waals surface area contributed by atoms with E-state index in [2.05, 4.69) is 9.98 Å². The van der Waals surface area contributed by atoms with Crippen LogP contribution in [0.25, 0.3) is 0 Å². The summed E-state index contributed by atoms with van der Waals surface area (Å²) < 4.78 is 13.3. The molecule has 1 aliphatic rings. The Bertz CT molecular complexity index is 582. The molecule has 1 atom stereocenters. The molecule has 1 aromatic carbocycles. The first-order valence-electron chi connectivity index (χ1n) is 5.49. The Kier molecular flexibility index (Phi) is 2.71. The van der Waals surface area contributed by atoms with Gasteiger partial charge in [-0.25, -0.2) is 4.39 Å². The lowest BCUT2D eigenvalue weighted by molar-refractivity contribution is 0.627. The summed E-state index contributed by atoms with van der Waals surface area (Å²) >= 11 is 1.55. The predicted octanol–water partition coefficient (Wildman–Crippen LogP) is 2.16. The molecule has 0 spiro atoms. The van der Waals surface area contributed by atoms with Gasteiger partial charge in [-0.05, 0) is 18.2 Å². The lowest BCUT2D eigenvalue weighted by Gasteiger charge is -2.25. The number of benzene rings is 1. The van der Waals surface area contributed by atoms with Gasteiger partial charge >= 0.3 is 0 Å². The van der Waals surface area contributed by atoms with Gasteiger partial charge < -0.3 is 10.6 Å². The lowest BCUT2D eigenvalue weighted by atomic mass is 10.2. The van der Waals surface area contributed by atoms with Gasteiger partial charge in [0.1, 0.15) is 5.82 Å². The Morgan fingerprint density at radius 3 is 3.06 bits per heavy atom. The summed E-state index contributed by atoms with van der Waals surface area (Å²) in [7, 11) is 0. The minimum absolute atomic E-state index is 0.0132. The van der Waals surface area contributed by atoms with Gasteiger partial charge in [0, 0.05) is 16.8 Å². The number of hydrogen-bond donors (Lipinski definition) is 1. The van der Waals surface area contributed by atoms with Crippen molar-refractivity contribution in [2.24, 2.45) is 10.7 Å². The SMILES string of the molecule is NC1=NCC(c2cncs2)N1c1cccc(F)c1. The summed E-state index contributed by atoms with van der Waals surface area (Å²) in [6.45, 7) is 0.574. The zero-order valence-electron chi connectivity index (χ0n) is 9.45. The number of nitrogens with zero attached hydrogens (tertiary/aromatic N) is 3. The number of aromatic nitrogens is 1. The third-order valence-corrected chi connectivity index (χ3v) is 3.73. The van der Waals surface area contributed by atoms with E-state index in [1.807, 2.05) is 11.0 Å². The maximum absolute atomic E-state index is 13.3. The second-order valence-electron chi connectivity index (χ2n) is 3.97. The summed E-state index contributed by atoms with van der Waals surface area (Å²) in [5, 5.41) is 0. The monoisotopic (exact) mass is 262 g/mol. The maximum Gasteiger partial charge on any atom is 0.196 e. The highest BCUT2D eigenvalue weighted by Gasteiger charge is 2.29. The molecule has 4 nitrogen and oxygen atoms in total. The molecule has 0 aliphatic carbocycles. The predicted molar refractivity (Wildman–Crippen MR) is 70.2 cm³/mol. The topological polar surface area (TPSA) is 54.5 Å². The highest BCUT2D eigenvalue weighted by molar-refractivity contribution is 7.09. The molecular weight excluding hydrogens is 251 g/mol. The Balaban J connectivity index is 1.99. The minimum atomic E-state index is -0.282. The van der Waals surface area contributed by atoms with Gasteiger partial charge in [-0.3, -0.25) is 9.98 Å². The summed E-state index contributed by atoms with van der Waals surface area (Å²) in [5.41, 5.74) is 8.38. The molecule has 0 saturated heterocycles. The number of nitrogens with two attached hydrogens (primary N) is 1. The van der Waals surface area contributed by atoms with E-state index >= 15 is 0 Å². The van der Waals surface area contributed by atoms with Gasteiger partial charge in [-0.15, -0.1) is 11.3 Å². The van der Waals surface area contributed by atoms with Crippen molar-refractivity contribution < 1.29 is 4.39 Å². The molecule has 92 valence electrons. The molecule has 0 radical (unpaired) electrons. The molecule has 1 aromatic heterocycles. The Labute approximate surface area is 108 Å². The van der Waals surface area contributed by atoms with Crippen LogP contribution in [0, 0.1) is 5.82 Å². The number of halogens is 1. The van der Waals surface area contributed by atoms with Crippen LogP contribution in [-0.4, -0.2) is 17.5 Å². The van der Waals surface area contributed by atoms with Crippen LogP contribution >= 0.6 is 11.3 Å². The molecule has 2 aromatic rings. The van der Waals surface area contributed by atoms with Gasteiger partial charge in [0.05, 0.1) is 18.1 Å². The highest BCUT2D eigenvalue weighted by Crippen LogP contribution is 2.32. The smallest absolute Gasteiger partial charge is 0.196 e. The summed E-state index contributed by atoms with van der Waals surface area (Å²) in [4.78, 5) is 11.2. The zero-order chi connectivity index (χ0) is 12.5. The van der Waals surface area contributed by atoms with E-state index in [0.29, 0.717) is 18.2 Å². The first kappa shape index (κ1) is 11.2. The molecule has 2 N–H and O–H groups in total. The quantitative estimate of drug-likeness (QED) is 0.902. The van der Waals surface area contributed by atoms with E-state index in [1.54, 1.807) is 29.1 Å². The summed E-state index contributed by atoms with van der Waals surface area (Å²) in [6, 6.07) is 6.38. The Morgan fingerprint density at radius 2 is 2.33 bits per heavy atom. The van der Waals surface area contributed by atoms with Crippen LogP contribution in [0.15, 0.2) is 41.0 Å². The molecule has 1 aliphatic heterocycles. The molecule has 3 rings (SSSR count). The highest BCUT2D eigenvalue weighted by atomic mass is 32.1. The Hall–Kier alpha value is -1.95. The number of anilines is 1.